The number of nitrogens with zero attached hydrogens (tertiary/aromatic N) is 3. The van der Waals surface area contributed by atoms with Crippen molar-refractivity contribution in [2.24, 2.45) is 5.92 Å². The van der Waals surface area contributed by atoms with Crippen LogP contribution in [0.25, 0.3) is 22.6 Å². The lowest BCUT2D eigenvalue weighted by Crippen LogP contribution is -2.31. The number of rotatable bonds is 12. The molecule has 1 saturated carbocycles. The van der Waals surface area contributed by atoms with E-state index in [2.05, 4.69) is 89.2 Å². The first-order chi connectivity index (χ1) is 20.1. The van der Waals surface area contributed by atoms with E-state index < -0.39 is 0 Å². The van der Waals surface area contributed by atoms with Crippen LogP contribution in [0.1, 0.15) is 70.1 Å². The molecule has 5 heteroatoms. The summed E-state index contributed by atoms with van der Waals surface area (Å²) in [6.07, 6.45) is 8.87. The van der Waals surface area contributed by atoms with E-state index in [1.165, 1.54) is 55.8 Å². The quantitative estimate of drug-likeness (QED) is 0.131. The minimum atomic E-state index is -0.292. The Morgan fingerprint density at radius 1 is 0.878 bits per heavy atom. The number of imidazole rings is 1. The van der Waals surface area contributed by atoms with E-state index in [4.69, 9.17) is 9.72 Å². The van der Waals surface area contributed by atoms with Crippen LogP contribution in [0.3, 0.4) is 0 Å². The van der Waals surface area contributed by atoms with Crippen LogP contribution in [0, 0.1) is 5.92 Å². The summed E-state index contributed by atoms with van der Waals surface area (Å²) in [6, 6.07) is 29.3. The molecule has 0 N–H and O–H groups in total. The summed E-state index contributed by atoms with van der Waals surface area (Å²) in [5.74, 6) is 2.07. The Morgan fingerprint density at radius 3 is 2.17 bits per heavy atom. The average Bonchev–Trinajstić information content (AvgIpc) is 3.36. The first-order valence-corrected chi connectivity index (χ1v) is 15.3. The third kappa shape index (κ3) is 7.74. The molecule has 0 aliphatic heterocycles. The molecule has 214 valence electrons. The Kier molecular flexibility index (Phi) is 10.0. The minimum Gasteiger partial charge on any atom is -0.427 e. The maximum Gasteiger partial charge on any atom is 0.308 e. The third-order valence-corrected chi connectivity index (χ3v) is 8.09. The zero-order valence-corrected chi connectivity index (χ0v) is 24.6. The highest BCUT2D eigenvalue weighted by Gasteiger charge is 2.24. The van der Waals surface area contributed by atoms with Crippen LogP contribution < -0.4 is 4.74 Å². The van der Waals surface area contributed by atoms with Crippen molar-refractivity contribution in [2.75, 3.05) is 6.54 Å². The first kappa shape index (κ1) is 28.8. The van der Waals surface area contributed by atoms with E-state index >= 15 is 0 Å². The molecule has 0 unspecified atom stereocenters. The van der Waals surface area contributed by atoms with Crippen LogP contribution in [-0.2, 0) is 24.4 Å². The van der Waals surface area contributed by atoms with Gasteiger partial charge in [-0.3, -0.25) is 9.69 Å². The molecule has 0 amide bonds. The first-order valence-electron chi connectivity index (χ1n) is 15.3. The predicted octanol–water partition coefficient (Wildman–Crippen LogP) is 8.53. The minimum absolute atomic E-state index is 0.292. The van der Waals surface area contributed by atoms with Crippen molar-refractivity contribution in [3.63, 3.8) is 0 Å². The maximum atomic E-state index is 11.4. The maximum absolute atomic E-state index is 11.4. The average molecular weight is 550 g/mol. The summed E-state index contributed by atoms with van der Waals surface area (Å²) in [6.45, 7) is 7.38. The molecule has 0 bridgehead atoms. The van der Waals surface area contributed by atoms with Gasteiger partial charge in [0.2, 0.25) is 0 Å². The number of benzene rings is 3. The second kappa shape index (κ2) is 14.3. The molecule has 0 radical (unpaired) electrons. The van der Waals surface area contributed by atoms with Gasteiger partial charge in [0, 0.05) is 44.2 Å². The number of hydrogen-bond donors (Lipinski definition) is 0. The number of unbranched alkanes of at least 4 members (excludes halogenated alkanes) is 1. The van der Waals surface area contributed by atoms with Gasteiger partial charge in [-0.15, -0.1) is 0 Å². The molecular weight excluding hydrogens is 506 g/mol. The van der Waals surface area contributed by atoms with Crippen LogP contribution in [0.5, 0.6) is 5.75 Å². The largest absolute Gasteiger partial charge is 0.427 e. The molecule has 3 aromatic carbocycles. The molecule has 5 nitrogen and oxygen atoms in total. The van der Waals surface area contributed by atoms with Crippen molar-refractivity contribution < 1.29 is 9.53 Å². The van der Waals surface area contributed by atoms with Crippen molar-refractivity contribution in [3.05, 3.63) is 96.2 Å². The summed E-state index contributed by atoms with van der Waals surface area (Å²) in [4.78, 5) is 19.4. The molecule has 1 heterocycles. The number of hydrogen-bond acceptors (Lipinski definition) is 4. The Hall–Kier alpha value is -3.70. The molecule has 4 aromatic rings. The summed E-state index contributed by atoms with van der Waals surface area (Å²) >= 11 is 0. The fourth-order valence-corrected chi connectivity index (χ4v) is 6.06. The van der Waals surface area contributed by atoms with Crippen molar-refractivity contribution in [2.45, 2.75) is 78.4 Å². The molecule has 1 aliphatic rings. The number of carbonyl (C=O) groups excluding carboxylic acids is 1. The van der Waals surface area contributed by atoms with Crippen LogP contribution in [0.4, 0.5) is 0 Å². The van der Waals surface area contributed by atoms with Crippen molar-refractivity contribution in [1.29, 1.82) is 0 Å². The Labute approximate surface area is 245 Å². The molecule has 5 rings (SSSR count). The van der Waals surface area contributed by atoms with Gasteiger partial charge in [0.1, 0.15) is 11.6 Å². The second-order valence-corrected chi connectivity index (χ2v) is 11.4. The molecule has 41 heavy (non-hydrogen) atoms. The van der Waals surface area contributed by atoms with Gasteiger partial charge in [-0.2, -0.15) is 0 Å². The van der Waals surface area contributed by atoms with Gasteiger partial charge < -0.3 is 9.30 Å². The van der Waals surface area contributed by atoms with Gasteiger partial charge in [0.25, 0.3) is 0 Å². The molecule has 1 aliphatic carbocycles. The lowest BCUT2D eigenvalue weighted by atomic mass is 9.89. The van der Waals surface area contributed by atoms with Crippen molar-refractivity contribution in [1.82, 2.24) is 14.5 Å². The summed E-state index contributed by atoms with van der Waals surface area (Å²) < 4.78 is 7.77. The molecule has 0 atom stereocenters. The highest BCUT2D eigenvalue weighted by molar-refractivity contribution is 5.69. The highest BCUT2D eigenvalue weighted by Crippen LogP contribution is 2.33. The van der Waals surface area contributed by atoms with E-state index in [1.54, 1.807) is 0 Å². The molecule has 0 spiro atoms. The Bertz CT molecular complexity index is 1370. The lowest BCUT2D eigenvalue weighted by Gasteiger charge is -2.30. The summed E-state index contributed by atoms with van der Waals surface area (Å²) in [7, 11) is 0. The third-order valence-electron chi connectivity index (χ3n) is 8.09. The van der Waals surface area contributed by atoms with Gasteiger partial charge in [-0.05, 0) is 42.9 Å². The predicted molar refractivity (Wildman–Crippen MR) is 166 cm³/mol. The number of carbonyl (C=O) groups is 1. The van der Waals surface area contributed by atoms with Gasteiger partial charge in [-0.25, -0.2) is 4.98 Å². The second-order valence-electron chi connectivity index (χ2n) is 11.4. The van der Waals surface area contributed by atoms with E-state index in [0.717, 1.165) is 56.1 Å². The molecule has 1 fully saturated rings. The fourth-order valence-electron chi connectivity index (χ4n) is 6.06. The lowest BCUT2D eigenvalue weighted by molar-refractivity contribution is -0.131. The van der Waals surface area contributed by atoms with E-state index in [-0.39, 0.29) is 5.97 Å². The Morgan fingerprint density at radius 2 is 1.54 bits per heavy atom. The van der Waals surface area contributed by atoms with Crippen LogP contribution >= 0.6 is 0 Å². The van der Waals surface area contributed by atoms with Crippen LogP contribution in [0.2, 0.25) is 0 Å². The molecule has 0 saturated heterocycles. The summed E-state index contributed by atoms with van der Waals surface area (Å²) in [5.41, 5.74) is 5.92. The number of aromatic nitrogens is 2. The van der Waals surface area contributed by atoms with Gasteiger partial charge in [0.15, 0.2) is 0 Å². The van der Waals surface area contributed by atoms with Crippen LogP contribution in [-0.4, -0.2) is 27.0 Å². The Balaban J connectivity index is 1.53. The van der Waals surface area contributed by atoms with Gasteiger partial charge in [0.05, 0.1) is 11.4 Å². The normalized spacial score (nSPS) is 13.9. The standard InChI is InChI=1S/C36H43N3O2/c1-3-4-24-39-34(35(31-16-10-6-11-17-31)37-36(39)32-18-12-7-13-19-32)27-38(25-29-14-8-5-9-15-29)26-30-20-22-33(23-21-30)41-28(2)40/h6-7,10-13,16-23,29H,3-5,8-9,14-15,24-27H2,1-2H3. The monoisotopic (exact) mass is 549 g/mol. The van der Waals surface area contributed by atoms with Gasteiger partial charge >= 0.3 is 5.97 Å². The van der Waals surface area contributed by atoms with Gasteiger partial charge in [-0.1, -0.05) is 105 Å². The number of ether oxygens (including phenoxy) is 1. The van der Waals surface area contributed by atoms with E-state index in [0.29, 0.717) is 11.7 Å². The van der Waals surface area contributed by atoms with Crippen molar-refractivity contribution >= 4 is 5.97 Å². The van der Waals surface area contributed by atoms with E-state index in [1.807, 2.05) is 12.1 Å². The number of esters is 1. The molecular formula is C36H43N3O2. The smallest absolute Gasteiger partial charge is 0.308 e. The zero-order valence-electron chi connectivity index (χ0n) is 24.6. The topological polar surface area (TPSA) is 47.4 Å². The van der Waals surface area contributed by atoms with Crippen molar-refractivity contribution in [3.8, 4) is 28.4 Å². The SMILES string of the molecule is CCCCn1c(-c2ccccc2)nc(-c2ccccc2)c1CN(Cc1ccc(OC(C)=O)cc1)CC1CCCCC1. The fraction of sp³-hybridized carbons (Fsp3) is 0.389. The highest BCUT2D eigenvalue weighted by atomic mass is 16.5. The van der Waals surface area contributed by atoms with Crippen LogP contribution in [0.15, 0.2) is 84.9 Å². The zero-order chi connectivity index (χ0) is 28.4. The summed E-state index contributed by atoms with van der Waals surface area (Å²) in [5, 5.41) is 0. The van der Waals surface area contributed by atoms with E-state index in [9.17, 15) is 4.79 Å². The molecule has 1 aromatic heterocycles.